The molecule has 1 aliphatic heterocycles. The van der Waals surface area contributed by atoms with E-state index in [1.54, 1.807) is 25.4 Å². The predicted molar refractivity (Wildman–Crippen MR) is 124 cm³/mol. The van der Waals surface area contributed by atoms with Gasteiger partial charge in [0.2, 0.25) is 0 Å². The first-order valence-electron chi connectivity index (χ1n) is 10.2. The lowest BCUT2D eigenvalue weighted by molar-refractivity contribution is 0.498. The molecule has 3 aromatic rings. The summed E-state index contributed by atoms with van der Waals surface area (Å²) in [5.41, 5.74) is 17.4. The number of aromatic nitrogens is 2. The Morgan fingerprint density at radius 2 is 1.74 bits per heavy atom. The first kappa shape index (κ1) is 20.6. The number of piperidine rings is 1. The number of rotatable bonds is 4. The number of hydrogen-bond donors (Lipinski definition) is 3. The van der Waals surface area contributed by atoms with Gasteiger partial charge in [-0.15, -0.1) is 0 Å². The summed E-state index contributed by atoms with van der Waals surface area (Å²) in [5.74, 6) is 6.67. The van der Waals surface area contributed by atoms with Gasteiger partial charge in [0.15, 0.2) is 0 Å². The standard InChI is InChI=1S/C23H26N8/c1-30(27)20-7-6-17(12-19(20)26)22-23(16-4-2-15(13-24)3-5-16)29-21(14-28-22)31-10-8-18(25)9-11-31/h2-7,12,14,18H,8-11,25-27H2,1H3. The van der Waals surface area contributed by atoms with E-state index >= 15 is 0 Å². The molecule has 8 nitrogen and oxygen atoms in total. The number of hydrazine groups is 1. The highest BCUT2D eigenvalue weighted by Crippen LogP contribution is 2.34. The Hall–Kier alpha value is -3.67. The van der Waals surface area contributed by atoms with Crippen molar-refractivity contribution in [3.63, 3.8) is 0 Å². The van der Waals surface area contributed by atoms with Gasteiger partial charge in [0.25, 0.3) is 0 Å². The molecule has 1 aliphatic rings. The molecule has 0 aliphatic carbocycles. The Balaban J connectivity index is 1.80. The van der Waals surface area contributed by atoms with Crippen molar-refractivity contribution in [1.82, 2.24) is 9.97 Å². The molecule has 2 heterocycles. The van der Waals surface area contributed by atoms with Gasteiger partial charge in [-0.2, -0.15) is 5.26 Å². The van der Waals surface area contributed by atoms with Crippen molar-refractivity contribution in [3.8, 4) is 28.6 Å². The molecular weight excluding hydrogens is 388 g/mol. The quantitative estimate of drug-likeness (QED) is 0.337. The van der Waals surface area contributed by atoms with E-state index in [0.29, 0.717) is 11.3 Å². The highest BCUT2D eigenvalue weighted by atomic mass is 15.4. The lowest BCUT2D eigenvalue weighted by Gasteiger charge is -2.31. The molecule has 0 spiro atoms. The van der Waals surface area contributed by atoms with Gasteiger partial charge in [0, 0.05) is 37.3 Å². The van der Waals surface area contributed by atoms with Crippen LogP contribution in [0.25, 0.3) is 22.5 Å². The number of nitrogens with zero attached hydrogens (tertiary/aromatic N) is 5. The molecule has 0 amide bonds. The third-order valence-electron chi connectivity index (χ3n) is 5.59. The van der Waals surface area contributed by atoms with Crippen molar-refractivity contribution in [2.24, 2.45) is 11.6 Å². The van der Waals surface area contributed by atoms with Crippen molar-refractivity contribution < 1.29 is 0 Å². The van der Waals surface area contributed by atoms with Crippen LogP contribution in [0.5, 0.6) is 0 Å². The van der Waals surface area contributed by atoms with Crippen LogP contribution < -0.4 is 27.2 Å². The molecule has 1 saturated heterocycles. The second kappa shape index (κ2) is 8.60. The Bertz CT molecular complexity index is 1110. The molecule has 0 atom stereocenters. The van der Waals surface area contributed by atoms with Gasteiger partial charge in [-0.3, -0.25) is 4.98 Å². The third-order valence-corrected chi connectivity index (χ3v) is 5.59. The van der Waals surface area contributed by atoms with E-state index in [4.69, 9.17) is 32.5 Å². The number of nitrogens with two attached hydrogens (primary N) is 3. The minimum Gasteiger partial charge on any atom is -0.397 e. The Morgan fingerprint density at radius 1 is 1.06 bits per heavy atom. The summed E-state index contributed by atoms with van der Waals surface area (Å²) in [5, 5.41) is 10.6. The third kappa shape index (κ3) is 4.28. The van der Waals surface area contributed by atoms with E-state index in [0.717, 1.165) is 60.0 Å². The van der Waals surface area contributed by atoms with Crippen molar-refractivity contribution in [1.29, 1.82) is 5.26 Å². The molecule has 4 rings (SSSR count). The van der Waals surface area contributed by atoms with Crippen LogP contribution in [0.15, 0.2) is 48.7 Å². The number of nitrogen functional groups attached to an aromatic ring is 1. The van der Waals surface area contributed by atoms with E-state index < -0.39 is 0 Å². The highest BCUT2D eigenvalue weighted by Gasteiger charge is 2.20. The van der Waals surface area contributed by atoms with Gasteiger partial charge in [0.05, 0.1) is 40.6 Å². The molecule has 6 N–H and O–H groups in total. The number of nitriles is 1. The van der Waals surface area contributed by atoms with Crippen LogP contribution in [-0.4, -0.2) is 36.1 Å². The van der Waals surface area contributed by atoms with Gasteiger partial charge in [-0.1, -0.05) is 18.2 Å². The van der Waals surface area contributed by atoms with E-state index in [9.17, 15) is 0 Å². The van der Waals surface area contributed by atoms with Gasteiger partial charge in [-0.05, 0) is 37.1 Å². The largest absolute Gasteiger partial charge is 0.397 e. The minimum atomic E-state index is 0.239. The highest BCUT2D eigenvalue weighted by molar-refractivity contribution is 5.83. The van der Waals surface area contributed by atoms with Crippen molar-refractivity contribution in [2.45, 2.75) is 18.9 Å². The topological polar surface area (TPSA) is 134 Å². The summed E-state index contributed by atoms with van der Waals surface area (Å²) in [6, 6.07) is 15.4. The monoisotopic (exact) mass is 414 g/mol. The second-order valence-electron chi connectivity index (χ2n) is 7.82. The minimum absolute atomic E-state index is 0.239. The first-order chi connectivity index (χ1) is 15.0. The molecule has 1 aromatic heterocycles. The molecule has 0 radical (unpaired) electrons. The van der Waals surface area contributed by atoms with Crippen molar-refractivity contribution >= 4 is 17.2 Å². The fourth-order valence-corrected chi connectivity index (χ4v) is 3.80. The molecule has 2 aromatic carbocycles. The second-order valence-corrected chi connectivity index (χ2v) is 7.82. The summed E-state index contributed by atoms with van der Waals surface area (Å²) in [6.07, 6.45) is 3.67. The van der Waals surface area contributed by atoms with E-state index in [-0.39, 0.29) is 6.04 Å². The molecule has 1 fully saturated rings. The number of benzene rings is 2. The smallest absolute Gasteiger partial charge is 0.147 e. The van der Waals surface area contributed by atoms with Crippen LogP contribution in [0.4, 0.5) is 17.2 Å². The molecule has 0 unspecified atom stereocenters. The Kier molecular flexibility index (Phi) is 5.71. The molecule has 158 valence electrons. The Morgan fingerprint density at radius 3 is 2.35 bits per heavy atom. The summed E-state index contributed by atoms with van der Waals surface area (Å²) in [6.45, 7) is 1.71. The van der Waals surface area contributed by atoms with E-state index in [1.165, 1.54) is 5.01 Å². The van der Waals surface area contributed by atoms with Gasteiger partial charge in [0.1, 0.15) is 5.82 Å². The molecule has 0 bridgehead atoms. The lowest BCUT2D eigenvalue weighted by atomic mass is 10.0. The van der Waals surface area contributed by atoms with E-state index in [1.807, 2.05) is 30.3 Å². The number of hydrogen-bond acceptors (Lipinski definition) is 8. The van der Waals surface area contributed by atoms with Crippen molar-refractivity contribution in [3.05, 3.63) is 54.2 Å². The van der Waals surface area contributed by atoms with E-state index in [2.05, 4.69) is 11.0 Å². The predicted octanol–water partition coefficient (Wildman–Crippen LogP) is 2.50. The maximum absolute atomic E-state index is 9.15. The first-order valence-corrected chi connectivity index (χ1v) is 10.2. The van der Waals surface area contributed by atoms with Crippen LogP contribution in [0, 0.1) is 11.3 Å². The maximum atomic E-state index is 9.15. The molecule has 31 heavy (non-hydrogen) atoms. The average molecular weight is 415 g/mol. The number of anilines is 3. The fourth-order valence-electron chi connectivity index (χ4n) is 3.80. The maximum Gasteiger partial charge on any atom is 0.147 e. The zero-order valence-corrected chi connectivity index (χ0v) is 17.5. The average Bonchev–Trinajstić information content (AvgIpc) is 2.79. The van der Waals surface area contributed by atoms with Crippen LogP contribution in [0.2, 0.25) is 0 Å². The summed E-state index contributed by atoms with van der Waals surface area (Å²) < 4.78 is 0. The van der Waals surface area contributed by atoms with Gasteiger partial charge in [-0.25, -0.2) is 10.8 Å². The zero-order chi connectivity index (χ0) is 22.0. The normalized spacial score (nSPS) is 14.3. The van der Waals surface area contributed by atoms with Crippen molar-refractivity contribution in [2.75, 3.05) is 35.8 Å². The SMILES string of the molecule is CN(N)c1ccc(-c2ncc(N3CCC(N)CC3)nc2-c2ccc(C#N)cc2)cc1N. The van der Waals surface area contributed by atoms with Crippen LogP contribution >= 0.6 is 0 Å². The molecule has 8 heteroatoms. The summed E-state index contributed by atoms with van der Waals surface area (Å²) in [7, 11) is 1.74. The van der Waals surface area contributed by atoms with Crippen LogP contribution in [0.1, 0.15) is 18.4 Å². The zero-order valence-electron chi connectivity index (χ0n) is 17.5. The van der Waals surface area contributed by atoms with Gasteiger partial charge >= 0.3 is 0 Å². The summed E-state index contributed by atoms with van der Waals surface area (Å²) in [4.78, 5) is 12.0. The van der Waals surface area contributed by atoms with Gasteiger partial charge < -0.3 is 21.4 Å². The van der Waals surface area contributed by atoms with Crippen LogP contribution in [0.3, 0.4) is 0 Å². The van der Waals surface area contributed by atoms with Crippen LogP contribution in [-0.2, 0) is 0 Å². The molecular formula is C23H26N8. The lowest BCUT2D eigenvalue weighted by Crippen LogP contribution is -2.40. The Labute approximate surface area is 181 Å². The molecule has 0 saturated carbocycles. The summed E-state index contributed by atoms with van der Waals surface area (Å²) >= 11 is 0. The fraction of sp³-hybridized carbons (Fsp3) is 0.261.